The number of benzene rings is 1. The Kier molecular flexibility index (Phi) is 12.6. The lowest BCUT2D eigenvalue weighted by molar-refractivity contribution is -0.140. The number of rotatable bonds is 7. The van der Waals surface area contributed by atoms with E-state index in [1.165, 1.54) is 4.90 Å². The van der Waals surface area contributed by atoms with Crippen molar-refractivity contribution in [2.24, 2.45) is 17.8 Å². The maximum atomic E-state index is 13.5. The Morgan fingerprint density at radius 1 is 0.878 bits per heavy atom. The van der Waals surface area contributed by atoms with Gasteiger partial charge in [0.1, 0.15) is 23.9 Å². The lowest BCUT2D eigenvalue weighted by Gasteiger charge is -2.32. The third-order valence-electron chi connectivity index (χ3n) is 7.03. The molecule has 0 aliphatic carbocycles. The average Bonchev–Trinajstić information content (AvgIpc) is 2.90. The Labute approximate surface area is 243 Å². The zero-order chi connectivity index (χ0) is 30.9. The molecule has 4 N–H and O–H groups in total. The van der Waals surface area contributed by atoms with E-state index in [0.29, 0.717) is 12.2 Å². The molecule has 1 aromatic rings. The predicted molar refractivity (Wildman–Crippen MR) is 156 cm³/mol. The van der Waals surface area contributed by atoms with Crippen LogP contribution in [-0.4, -0.2) is 78.8 Å². The summed E-state index contributed by atoms with van der Waals surface area (Å²) in [5.41, 5.74) is 0.772. The van der Waals surface area contributed by atoms with Gasteiger partial charge >= 0.3 is 0 Å². The molecule has 1 fully saturated rings. The van der Waals surface area contributed by atoms with Gasteiger partial charge in [-0.1, -0.05) is 53.7 Å². The fraction of sp³-hybridized carbons (Fsp3) is 0.633. The minimum Gasteiger partial charge on any atom is -0.497 e. The van der Waals surface area contributed by atoms with Crippen molar-refractivity contribution in [1.29, 1.82) is 0 Å². The fourth-order valence-electron chi connectivity index (χ4n) is 4.54. The van der Waals surface area contributed by atoms with E-state index in [-0.39, 0.29) is 43.2 Å². The molecule has 0 radical (unpaired) electrons. The summed E-state index contributed by atoms with van der Waals surface area (Å²) in [6.07, 6.45) is 0.487. The number of carbonyl (C=O) groups excluding carboxylic acids is 5. The molecular weight excluding hydrogens is 526 g/mol. The summed E-state index contributed by atoms with van der Waals surface area (Å²) in [6.45, 7) is 12.6. The number of methoxy groups -OCH3 is 1. The third-order valence-corrected chi connectivity index (χ3v) is 7.03. The topological polar surface area (TPSA) is 146 Å². The molecule has 1 aliphatic heterocycles. The van der Waals surface area contributed by atoms with Crippen molar-refractivity contribution in [1.82, 2.24) is 26.2 Å². The van der Waals surface area contributed by atoms with Crippen LogP contribution in [0.25, 0.3) is 0 Å². The lowest BCUT2D eigenvalue weighted by Crippen LogP contribution is -2.57. The van der Waals surface area contributed by atoms with Gasteiger partial charge in [0.05, 0.1) is 13.7 Å². The van der Waals surface area contributed by atoms with E-state index in [9.17, 15) is 24.0 Å². The molecule has 228 valence electrons. The van der Waals surface area contributed by atoms with Crippen LogP contribution in [0.2, 0.25) is 0 Å². The molecule has 11 heteroatoms. The highest BCUT2D eigenvalue weighted by atomic mass is 16.5. The van der Waals surface area contributed by atoms with Crippen molar-refractivity contribution in [3.05, 3.63) is 29.8 Å². The molecule has 0 saturated carbocycles. The van der Waals surface area contributed by atoms with Crippen LogP contribution in [0.5, 0.6) is 5.75 Å². The van der Waals surface area contributed by atoms with Crippen LogP contribution in [0, 0.1) is 17.8 Å². The molecule has 0 spiro atoms. The quantitative estimate of drug-likeness (QED) is 0.388. The van der Waals surface area contributed by atoms with Gasteiger partial charge in [-0.2, -0.15) is 0 Å². The van der Waals surface area contributed by atoms with Crippen LogP contribution in [0.15, 0.2) is 24.3 Å². The molecule has 2 rings (SSSR count). The van der Waals surface area contributed by atoms with E-state index in [2.05, 4.69) is 21.3 Å². The molecule has 1 aliphatic rings. The molecule has 5 amide bonds. The second-order valence-electron chi connectivity index (χ2n) is 11.8. The van der Waals surface area contributed by atoms with E-state index in [1.54, 1.807) is 52.1 Å². The van der Waals surface area contributed by atoms with E-state index in [4.69, 9.17) is 4.74 Å². The van der Waals surface area contributed by atoms with Crippen molar-refractivity contribution in [3.8, 4) is 5.75 Å². The summed E-state index contributed by atoms with van der Waals surface area (Å²) in [5.74, 6) is -1.94. The Hall–Kier alpha value is -3.63. The molecule has 1 saturated heterocycles. The van der Waals surface area contributed by atoms with Gasteiger partial charge in [0.15, 0.2) is 0 Å². The molecular formula is C30H47N5O6. The van der Waals surface area contributed by atoms with Crippen LogP contribution in [0.4, 0.5) is 0 Å². The van der Waals surface area contributed by atoms with Crippen molar-refractivity contribution in [3.63, 3.8) is 0 Å². The standard InChI is InChI=1S/C30H47N5O6/c1-17(2)13-23-29(39)33-24(14-21-9-11-22(41-8)12-10-21)28(38)31-20(7)27(37)34-25(18(3)4)15-35(16-26(36)32-23)30(40)19(5)6/h9-12,17-20,23-25H,13-16H2,1-8H3,(H,31,38)(H,32,36)(H,33,39)(H,34,37)/t20-,23+,24+,25-/m1/s1. The van der Waals surface area contributed by atoms with Gasteiger partial charge < -0.3 is 30.9 Å². The van der Waals surface area contributed by atoms with Gasteiger partial charge in [0.25, 0.3) is 0 Å². The summed E-state index contributed by atoms with van der Waals surface area (Å²) in [4.78, 5) is 67.8. The zero-order valence-corrected chi connectivity index (χ0v) is 25.6. The van der Waals surface area contributed by atoms with Crippen LogP contribution in [0.1, 0.15) is 60.5 Å². The highest BCUT2D eigenvalue weighted by Crippen LogP contribution is 2.14. The first kappa shape index (κ1) is 33.6. The Morgan fingerprint density at radius 2 is 1.49 bits per heavy atom. The number of amides is 5. The summed E-state index contributed by atoms with van der Waals surface area (Å²) >= 11 is 0. The fourth-order valence-corrected chi connectivity index (χ4v) is 4.54. The van der Waals surface area contributed by atoms with Crippen LogP contribution in [-0.2, 0) is 30.4 Å². The van der Waals surface area contributed by atoms with Crippen molar-refractivity contribution in [2.45, 2.75) is 85.5 Å². The monoisotopic (exact) mass is 573 g/mol. The maximum Gasteiger partial charge on any atom is 0.243 e. The highest BCUT2D eigenvalue weighted by molar-refractivity contribution is 5.95. The minimum atomic E-state index is -1.01. The van der Waals surface area contributed by atoms with Crippen LogP contribution < -0.4 is 26.0 Å². The molecule has 41 heavy (non-hydrogen) atoms. The van der Waals surface area contributed by atoms with E-state index >= 15 is 0 Å². The summed E-state index contributed by atoms with van der Waals surface area (Å²) in [7, 11) is 1.56. The largest absolute Gasteiger partial charge is 0.497 e. The van der Waals surface area contributed by atoms with Gasteiger partial charge in [0.2, 0.25) is 29.5 Å². The number of nitrogens with zero attached hydrogens (tertiary/aromatic N) is 1. The first-order valence-electron chi connectivity index (χ1n) is 14.3. The number of hydrogen-bond acceptors (Lipinski definition) is 6. The normalized spacial score (nSPS) is 23.3. The van der Waals surface area contributed by atoms with Gasteiger partial charge in [-0.3, -0.25) is 24.0 Å². The molecule has 0 aromatic heterocycles. The van der Waals surface area contributed by atoms with Gasteiger partial charge in [-0.15, -0.1) is 0 Å². The SMILES string of the molecule is COc1ccc(C[C@@H]2NC(=O)[C@H](CC(C)C)NC(=O)CN(C(=O)C(C)C)C[C@H](C(C)C)NC(=O)[C@@H](C)NC2=O)cc1. The Morgan fingerprint density at radius 3 is 2.02 bits per heavy atom. The van der Waals surface area contributed by atoms with Crippen LogP contribution in [0.3, 0.4) is 0 Å². The molecule has 11 nitrogen and oxygen atoms in total. The number of ether oxygens (including phenoxy) is 1. The summed E-state index contributed by atoms with van der Waals surface area (Å²) in [6, 6.07) is 3.80. The Balaban J connectivity index is 2.48. The number of hydrogen-bond donors (Lipinski definition) is 4. The number of carbonyl (C=O) groups is 5. The van der Waals surface area contributed by atoms with Crippen LogP contribution >= 0.6 is 0 Å². The molecule has 1 aromatic carbocycles. The Bertz CT molecular complexity index is 1070. The zero-order valence-electron chi connectivity index (χ0n) is 25.6. The van der Waals surface area contributed by atoms with Crippen molar-refractivity contribution in [2.75, 3.05) is 20.2 Å². The van der Waals surface area contributed by atoms with E-state index < -0.39 is 47.8 Å². The van der Waals surface area contributed by atoms with Gasteiger partial charge in [-0.05, 0) is 42.9 Å². The predicted octanol–water partition coefficient (Wildman–Crippen LogP) is 1.40. The molecule has 0 bridgehead atoms. The summed E-state index contributed by atoms with van der Waals surface area (Å²) < 4.78 is 5.21. The minimum absolute atomic E-state index is 0.0579. The second-order valence-corrected chi connectivity index (χ2v) is 11.8. The number of nitrogens with one attached hydrogen (secondary N) is 4. The van der Waals surface area contributed by atoms with E-state index in [1.807, 2.05) is 27.7 Å². The molecule has 4 atom stereocenters. The third kappa shape index (κ3) is 10.4. The average molecular weight is 574 g/mol. The van der Waals surface area contributed by atoms with Crippen molar-refractivity contribution >= 4 is 29.5 Å². The summed E-state index contributed by atoms with van der Waals surface area (Å²) in [5, 5.41) is 11.2. The van der Waals surface area contributed by atoms with Crippen molar-refractivity contribution < 1.29 is 28.7 Å². The molecule has 1 heterocycles. The smallest absolute Gasteiger partial charge is 0.243 e. The highest BCUT2D eigenvalue weighted by Gasteiger charge is 2.32. The van der Waals surface area contributed by atoms with E-state index in [0.717, 1.165) is 5.56 Å². The second kappa shape index (κ2) is 15.4. The van der Waals surface area contributed by atoms with Gasteiger partial charge in [-0.25, -0.2) is 0 Å². The van der Waals surface area contributed by atoms with Gasteiger partial charge in [0, 0.05) is 24.9 Å². The first-order valence-corrected chi connectivity index (χ1v) is 14.3. The molecule has 0 unspecified atom stereocenters. The lowest BCUT2D eigenvalue weighted by atomic mass is 10.0. The first-order chi connectivity index (χ1) is 19.2. The maximum absolute atomic E-state index is 13.5.